The van der Waals surface area contributed by atoms with Crippen LogP contribution >= 0.6 is 0 Å². The van der Waals surface area contributed by atoms with E-state index in [1.165, 1.54) is 0 Å². The first-order chi connectivity index (χ1) is 8.95. The molecular formula is C13H25N5O. The molecule has 0 amide bonds. The first kappa shape index (κ1) is 15.5. The summed E-state index contributed by atoms with van der Waals surface area (Å²) in [4.78, 5) is 4.35. The van der Waals surface area contributed by atoms with E-state index in [9.17, 15) is 0 Å². The number of rotatable bonds is 6. The Kier molecular flexibility index (Phi) is 5.82. The van der Waals surface area contributed by atoms with E-state index in [1.807, 2.05) is 32.4 Å². The minimum absolute atomic E-state index is 0.287. The molecule has 0 aromatic carbocycles. The lowest BCUT2D eigenvalue weighted by Crippen LogP contribution is -2.36. The summed E-state index contributed by atoms with van der Waals surface area (Å²) in [5.41, 5.74) is 9.05. The summed E-state index contributed by atoms with van der Waals surface area (Å²) in [5, 5.41) is 7.57. The van der Waals surface area contributed by atoms with Crippen molar-refractivity contribution in [2.45, 2.75) is 46.8 Å². The van der Waals surface area contributed by atoms with E-state index in [4.69, 9.17) is 10.5 Å². The summed E-state index contributed by atoms with van der Waals surface area (Å²) in [6.45, 7) is 10.1. The van der Waals surface area contributed by atoms with E-state index < -0.39 is 0 Å². The molecule has 1 rings (SSSR count). The highest BCUT2D eigenvalue weighted by Crippen LogP contribution is 2.14. The van der Waals surface area contributed by atoms with E-state index >= 15 is 0 Å². The zero-order valence-electron chi connectivity index (χ0n) is 12.5. The molecule has 1 aromatic heterocycles. The molecule has 108 valence electrons. The van der Waals surface area contributed by atoms with Crippen LogP contribution in [0.4, 0.5) is 0 Å². The topological polar surface area (TPSA) is 77.5 Å². The lowest BCUT2D eigenvalue weighted by Gasteiger charge is -2.08. The molecule has 0 saturated heterocycles. The maximum atomic E-state index is 5.80. The Morgan fingerprint density at radius 2 is 2.16 bits per heavy atom. The van der Waals surface area contributed by atoms with Gasteiger partial charge in [0, 0.05) is 24.4 Å². The minimum atomic E-state index is 0.287. The number of nitrogens with one attached hydrogen (secondary N) is 1. The van der Waals surface area contributed by atoms with Crippen molar-refractivity contribution in [3.05, 3.63) is 17.0 Å². The smallest absolute Gasteiger partial charge is 0.189 e. The molecule has 19 heavy (non-hydrogen) atoms. The van der Waals surface area contributed by atoms with Crippen molar-refractivity contribution in [1.29, 1.82) is 0 Å². The van der Waals surface area contributed by atoms with Crippen LogP contribution in [0.15, 0.2) is 4.99 Å². The largest absolute Gasteiger partial charge is 0.383 e. The van der Waals surface area contributed by atoms with Crippen molar-refractivity contribution >= 4 is 5.96 Å². The van der Waals surface area contributed by atoms with Gasteiger partial charge in [-0.05, 0) is 27.7 Å². The van der Waals surface area contributed by atoms with Crippen LogP contribution in [0.2, 0.25) is 0 Å². The van der Waals surface area contributed by atoms with Crippen LogP contribution in [-0.4, -0.2) is 35.5 Å². The number of methoxy groups -OCH3 is 1. The van der Waals surface area contributed by atoms with Crippen LogP contribution in [0, 0.1) is 13.8 Å². The average molecular weight is 267 g/mol. The summed E-state index contributed by atoms with van der Waals surface area (Å²) in [7, 11) is 1.69. The van der Waals surface area contributed by atoms with Gasteiger partial charge in [-0.25, -0.2) is 4.99 Å². The maximum absolute atomic E-state index is 5.80. The zero-order valence-corrected chi connectivity index (χ0v) is 12.5. The summed E-state index contributed by atoms with van der Waals surface area (Å²) in [6.07, 6.45) is 0. The lowest BCUT2D eigenvalue weighted by atomic mass is 10.2. The Bertz CT molecular complexity index is 436. The second-order valence-electron chi connectivity index (χ2n) is 4.87. The minimum Gasteiger partial charge on any atom is -0.383 e. The predicted molar refractivity (Wildman–Crippen MR) is 77.2 cm³/mol. The molecule has 6 heteroatoms. The number of hydrogen-bond acceptors (Lipinski definition) is 3. The Morgan fingerprint density at radius 1 is 1.47 bits per heavy atom. The van der Waals surface area contributed by atoms with Gasteiger partial charge in [0.1, 0.15) is 0 Å². The van der Waals surface area contributed by atoms with E-state index in [-0.39, 0.29) is 6.04 Å². The molecule has 0 bridgehead atoms. The fourth-order valence-corrected chi connectivity index (χ4v) is 1.86. The molecule has 0 fully saturated rings. The summed E-state index contributed by atoms with van der Waals surface area (Å²) in [5.74, 6) is 0.471. The van der Waals surface area contributed by atoms with Crippen molar-refractivity contribution in [2.75, 3.05) is 13.7 Å². The molecule has 0 aliphatic rings. The highest BCUT2D eigenvalue weighted by molar-refractivity contribution is 5.78. The molecule has 0 atom stereocenters. The standard InChI is InChI=1S/C13H25N5O/c1-9(2)16-13(14)15-8-12-10(3)17-18(11(12)4)6-7-19-5/h9H,6-8H2,1-5H3,(H3,14,15,16). The average Bonchev–Trinajstić information content (AvgIpc) is 2.58. The van der Waals surface area contributed by atoms with Gasteiger partial charge in [-0.15, -0.1) is 0 Å². The highest BCUT2D eigenvalue weighted by atomic mass is 16.5. The van der Waals surface area contributed by atoms with Gasteiger partial charge in [-0.1, -0.05) is 0 Å². The van der Waals surface area contributed by atoms with E-state index in [1.54, 1.807) is 7.11 Å². The van der Waals surface area contributed by atoms with Gasteiger partial charge >= 0.3 is 0 Å². The predicted octanol–water partition coefficient (Wildman–Crippen LogP) is 0.959. The fourth-order valence-electron chi connectivity index (χ4n) is 1.86. The van der Waals surface area contributed by atoms with Crippen LogP contribution < -0.4 is 11.1 Å². The number of aryl methyl sites for hydroxylation is 1. The van der Waals surface area contributed by atoms with Gasteiger partial charge in [0.15, 0.2) is 5.96 Å². The fraction of sp³-hybridized carbons (Fsp3) is 0.692. The summed E-state index contributed by atoms with van der Waals surface area (Å²) >= 11 is 0. The third-order valence-corrected chi connectivity index (χ3v) is 2.88. The van der Waals surface area contributed by atoms with Gasteiger partial charge in [-0.3, -0.25) is 4.68 Å². The maximum Gasteiger partial charge on any atom is 0.189 e. The third-order valence-electron chi connectivity index (χ3n) is 2.88. The molecule has 3 N–H and O–H groups in total. The Morgan fingerprint density at radius 3 is 2.74 bits per heavy atom. The number of hydrogen-bond donors (Lipinski definition) is 2. The first-order valence-electron chi connectivity index (χ1n) is 6.54. The van der Waals surface area contributed by atoms with E-state index in [0.717, 1.165) is 23.5 Å². The lowest BCUT2D eigenvalue weighted by molar-refractivity contribution is 0.182. The Balaban J connectivity index is 2.75. The number of ether oxygens (including phenoxy) is 1. The normalized spacial score (nSPS) is 12.2. The number of nitrogens with zero attached hydrogens (tertiary/aromatic N) is 3. The van der Waals surface area contributed by atoms with Gasteiger partial charge in [-0.2, -0.15) is 5.10 Å². The van der Waals surface area contributed by atoms with E-state index in [2.05, 4.69) is 15.4 Å². The number of nitrogens with two attached hydrogens (primary N) is 1. The molecule has 6 nitrogen and oxygen atoms in total. The van der Waals surface area contributed by atoms with Gasteiger partial charge in [0.2, 0.25) is 0 Å². The monoisotopic (exact) mass is 267 g/mol. The SMILES string of the molecule is COCCn1nc(C)c(CN=C(N)NC(C)C)c1C. The molecule has 0 spiro atoms. The number of aliphatic imine (C=N–C) groups is 1. The molecule has 1 heterocycles. The molecule has 0 saturated carbocycles. The van der Waals surface area contributed by atoms with Crippen LogP contribution in [-0.2, 0) is 17.8 Å². The van der Waals surface area contributed by atoms with Crippen LogP contribution in [0.5, 0.6) is 0 Å². The van der Waals surface area contributed by atoms with Crippen molar-refractivity contribution in [3.63, 3.8) is 0 Å². The van der Waals surface area contributed by atoms with Crippen molar-refractivity contribution in [1.82, 2.24) is 15.1 Å². The third kappa shape index (κ3) is 4.55. The van der Waals surface area contributed by atoms with Crippen LogP contribution in [0.25, 0.3) is 0 Å². The first-order valence-corrected chi connectivity index (χ1v) is 6.54. The molecule has 0 aliphatic carbocycles. The molecule has 0 radical (unpaired) electrons. The second-order valence-corrected chi connectivity index (χ2v) is 4.87. The van der Waals surface area contributed by atoms with Crippen molar-refractivity contribution in [2.24, 2.45) is 10.7 Å². The van der Waals surface area contributed by atoms with Gasteiger partial charge < -0.3 is 15.8 Å². The molecule has 0 aliphatic heterocycles. The van der Waals surface area contributed by atoms with Crippen molar-refractivity contribution < 1.29 is 4.74 Å². The van der Waals surface area contributed by atoms with Crippen LogP contribution in [0.1, 0.15) is 30.8 Å². The quantitative estimate of drug-likeness (QED) is 0.594. The summed E-state index contributed by atoms with van der Waals surface area (Å²) < 4.78 is 7.03. The molecular weight excluding hydrogens is 242 g/mol. The highest BCUT2D eigenvalue weighted by Gasteiger charge is 2.10. The van der Waals surface area contributed by atoms with Crippen molar-refractivity contribution in [3.8, 4) is 0 Å². The Labute approximate surface area is 115 Å². The van der Waals surface area contributed by atoms with Gasteiger partial charge in [0.25, 0.3) is 0 Å². The summed E-state index contributed by atoms with van der Waals surface area (Å²) in [6, 6.07) is 0.287. The molecule has 1 aromatic rings. The molecule has 0 unspecified atom stereocenters. The zero-order chi connectivity index (χ0) is 14.4. The second kappa shape index (κ2) is 7.13. The van der Waals surface area contributed by atoms with Gasteiger partial charge in [0.05, 0.1) is 25.4 Å². The number of guanidine groups is 1. The Hall–Kier alpha value is -1.56. The van der Waals surface area contributed by atoms with Crippen LogP contribution in [0.3, 0.4) is 0 Å². The van der Waals surface area contributed by atoms with E-state index in [0.29, 0.717) is 19.1 Å². The number of aromatic nitrogens is 2.